The van der Waals surface area contributed by atoms with E-state index in [4.69, 9.17) is 5.11 Å². The summed E-state index contributed by atoms with van der Waals surface area (Å²) in [7, 11) is 0. The van der Waals surface area contributed by atoms with Crippen LogP contribution >= 0.6 is 0 Å². The van der Waals surface area contributed by atoms with Gasteiger partial charge in [0.05, 0.1) is 12.5 Å². The minimum absolute atomic E-state index is 0.0262. The Balaban J connectivity index is 1.31. The van der Waals surface area contributed by atoms with E-state index in [0.717, 1.165) is 5.69 Å². The molecule has 2 aromatic rings. The molecule has 0 bridgehead atoms. The van der Waals surface area contributed by atoms with E-state index in [2.05, 4.69) is 17.4 Å². The van der Waals surface area contributed by atoms with Crippen molar-refractivity contribution in [2.45, 2.75) is 44.4 Å². The van der Waals surface area contributed by atoms with Crippen molar-refractivity contribution in [3.05, 3.63) is 59.7 Å². The lowest BCUT2D eigenvalue weighted by atomic mass is 9.84. The number of ketones is 1. The summed E-state index contributed by atoms with van der Waals surface area (Å²) in [6, 6.07) is 15.2. The van der Waals surface area contributed by atoms with E-state index in [9.17, 15) is 14.4 Å². The predicted octanol–water partition coefficient (Wildman–Crippen LogP) is 4.47. The first-order valence-electron chi connectivity index (χ1n) is 11.0. The zero-order chi connectivity index (χ0) is 21.8. The van der Waals surface area contributed by atoms with Crippen LogP contribution in [0, 0.1) is 5.92 Å². The number of Topliss-reactive ketones (excluding diaryl/α,β-unsaturated/α-hetero) is 1. The van der Waals surface area contributed by atoms with Crippen molar-refractivity contribution in [1.29, 1.82) is 0 Å². The summed E-state index contributed by atoms with van der Waals surface area (Å²) < 4.78 is 0. The molecule has 0 aromatic heterocycles. The van der Waals surface area contributed by atoms with Crippen molar-refractivity contribution in [2.24, 2.45) is 5.92 Å². The number of nitrogens with zero attached hydrogens (tertiary/aromatic N) is 1. The summed E-state index contributed by atoms with van der Waals surface area (Å²) in [5.41, 5.74) is 3.48. The van der Waals surface area contributed by atoms with Crippen molar-refractivity contribution < 1.29 is 19.5 Å². The van der Waals surface area contributed by atoms with Crippen LogP contribution in [0.3, 0.4) is 0 Å². The highest BCUT2D eigenvalue weighted by atomic mass is 16.4. The van der Waals surface area contributed by atoms with E-state index in [1.807, 2.05) is 12.1 Å². The number of anilines is 2. The van der Waals surface area contributed by atoms with Gasteiger partial charge in [0.2, 0.25) is 5.91 Å². The highest BCUT2D eigenvalue weighted by Crippen LogP contribution is 2.32. The second-order valence-corrected chi connectivity index (χ2v) is 8.52. The molecule has 1 amide bonds. The number of amides is 1. The Kier molecular flexibility index (Phi) is 6.35. The van der Waals surface area contributed by atoms with E-state index in [1.165, 1.54) is 42.6 Å². The number of nitrogens with one attached hydrogen (secondary N) is 1. The molecule has 2 fully saturated rings. The van der Waals surface area contributed by atoms with Crippen LogP contribution in [-0.4, -0.2) is 35.9 Å². The number of aliphatic carboxylic acids is 1. The fourth-order valence-electron chi connectivity index (χ4n) is 4.54. The fourth-order valence-corrected chi connectivity index (χ4v) is 4.54. The van der Waals surface area contributed by atoms with Gasteiger partial charge in [-0.05, 0) is 48.6 Å². The Morgan fingerprint density at radius 3 is 2.26 bits per heavy atom. The zero-order valence-corrected chi connectivity index (χ0v) is 17.5. The van der Waals surface area contributed by atoms with Crippen LogP contribution in [0.5, 0.6) is 0 Å². The molecule has 2 aromatic carbocycles. The third-order valence-electron chi connectivity index (χ3n) is 6.42. The SMILES string of the molecule is O=C(CNc1ccc(N2CC(C(=O)O)CC2=O)cc1)c1ccc(C2CCCCC2)cc1. The van der Waals surface area contributed by atoms with Gasteiger partial charge in [-0.25, -0.2) is 0 Å². The molecule has 1 aliphatic carbocycles. The number of carbonyl (C=O) groups excluding carboxylic acids is 2. The first kappa shape index (κ1) is 21.1. The lowest BCUT2D eigenvalue weighted by Gasteiger charge is -2.22. The highest BCUT2D eigenvalue weighted by Gasteiger charge is 2.34. The molecule has 1 saturated carbocycles. The summed E-state index contributed by atoms with van der Waals surface area (Å²) in [6.45, 7) is 0.377. The van der Waals surface area contributed by atoms with Crippen LogP contribution in [0.2, 0.25) is 0 Å². The van der Waals surface area contributed by atoms with Gasteiger partial charge in [0, 0.05) is 29.9 Å². The van der Waals surface area contributed by atoms with E-state index < -0.39 is 11.9 Å². The number of benzene rings is 2. The van der Waals surface area contributed by atoms with E-state index in [-0.39, 0.29) is 31.2 Å². The lowest BCUT2D eigenvalue weighted by molar-refractivity contribution is -0.141. The van der Waals surface area contributed by atoms with Gasteiger partial charge in [-0.15, -0.1) is 0 Å². The molecule has 1 atom stereocenters. The molecule has 6 heteroatoms. The van der Waals surface area contributed by atoms with Crippen LogP contribution in [0.4, 0.5) is 11.4 Å². The third-order valence-corrected chi connectivity index (χ3v) is 6.42. The molecule has 162 valence electrons. The molecule has 1 heterocycles. The molecule has 1 unspecified atom stereocenters. The Bertz CT molecular complexity index is 946. The fraction of sp³-hybridized carbons (Fsp3) is 0.400. The Hall–Kier alpha value is -3.15. The Morgan fingerprint density at radius 2 is 1.65 bits per heavy atom. The average Bonchev–Trinajstić information content (AvgIpc) is 3.20. The zero-order valence-electron chi connectivity index (χ0n) is 17.5. The monoisotopic (exact) mass is 420 g/mol. The minimum atomic E-state index is -0.945. The smallest absolute Gasteiger partial charge is 0.308 e. The number of hydrogen-bond donors (Lipinski definition) is 2. The standard InChI is InChI=1S/C25H28N2O4/c28-23(19-8-6-18(7-9-19)17-4-2-1-3-5-17)15-26-21-10-12-22(13-11-21)27-16-20(25(30)31)14-24(27)29/h6-13,17,20,26H,1-5,14-16H2,(H,30,31). The molecule has 2 N–H and O–H groups in total. The largest absolute Gasteiger partial charge is 0.481 e. The number of carbonyl (C=O) groups is 3. The minimum Gasteiger partial charge on any atom is -0.481 e. The van der Waals surface area contributed by atoms with E-state index >= 15 is 0 Å². The Labute approximate surface area is 182 Å². The van der Waals surface area contributed by atoms with Gasteiger partial charge in [-0.2, -0.15) is 0 Å². The van der Waals surface area contributed by atoms with Crippen LogP contribution in [0.25, 0.3) is 0 Å². The summed E-state index contributed by atoms with van der Waals surface area (Å²) in [5.74, 6) is -1.13. The average molecular weight is 421 g/mol. The van der Waals surface area contributed by atoms with Crippen LogP contribution in [0.1, 0.15) is 60.4 Å². The molecule has 0 spiro atoms. The van der Waals surface area contributed by atoms with Crippen molar-refractivity contribution >= 4 is 29.0 Å². The first-order valence-corrected chi connectivity index (χ1v) is 11.0. The molecule has 6 nitrogen and oxygen atoms in total. The normalized spacial score (nSPS) is 19.4. The maximum absolute atomic E-state index is 12.6. The van der Waals surface area contributed by atoms with E-state index in [0.29, 0.717) is 17.2 Å². The van der Waals surface area contributed by atoms with Crippen molar-refractivity contribution in [2.75, 3.05) is 23.3 Å². The summed E-state index contributed by atoms with van der Waals surface area (Å²) in [4.78, 5) is 37.3. The van der Waals surface area contributed by atoms with Gasteiger partial charge in [0.1, 0.15) is 0 Å². The van der Waals surface area contributed by atoms with Gasteiger partial charge < -0.3 is 15.3 Å². The second kappa shape index (κ2) is 9.33. The number of carboxylic acid groups (broad SMARTS) is 1. The highest BCUT2D eigenvalue weighted by molar-refractivity contribution is 6.00. The molecule has 1 aliphatic heterocycles. The summed E-state index contributed by atoms with van der Waals surface area (Å²) in [5, 5.41) is 12.2. The van der Waals surface area contributed by atoms with E-state index in [1.54, 1.807) is 24.3 Å². The number of carboxylic acids is 1. The quantitative estimate of drug-likeness (QED) is 0.646. The maximum Gasteiger partial charge on any atom is 0.308 e. The van der Waals surface area contributed by atoms with Crippen molar-refractivity contribution in [3.63, 3.8) is 0 Å². The molecular weight excluding hydrogens is 392 g/mol. The molecule has 1 saturated heterocycles. The van der Waals surface area contributed by atoms with Crippen LogP contribution in [-0.2, 0) is 9.59 Å². The second-order valence-electron chi connectivity index (χ2n) is 8.52. The summed E-state index contributed by atoms with van der Waals surface area (Å²) >= 11 is 0. The van der Waals surface area contributed by atoms with Gasteiger partial charge >= 0.3 is 5.97 Å². The first-order chi connectivity index (χ1) is 15.0. The molecule has 4 rings (SSSR count). The van der Waals surface area contributed by atoms with Crippen molar-refractivity contribution in [1.82, 2.24) is 0 Å². The van der Waals surface area contributed by atoms with Crippen molar-refractivity contribution in [3.8, 4) is 0 Å². The lowest BCUT2D eigenvalue weighted by Crippen LogP contribution is -2.25. The van der Waals surface area contributed by atoms with Crippen LogP contribution in [0.15, 0.2) is 48.5 Å². The molecular formula is C25H28N2O4. The number of rotatable bonds is 7. The topological polar surface area (TPSA) is 86.7 Å². The predicted molar refractivity (Wildman–Crippen MR) is 120 cm³/mol. The van der Waals surface area contributed by atoms with Crippen LogP contribution < -0.4 is 10.2 Å². The molecule has 31 heavy (non-hydrogen) atoms. The van der Waals surface area contributed by atoms with Gasteiger partial charge in [0.25, 0.3) is 0 Å². The number of hydrogen-bond acceptors (Lipinski definition) is 4. The molecule has 2 aliphatic rings. The Morgan fingerprint density at radius 1 is 0.968 bits per heavy atom. The maximum atomic E-state index is 12.6. The van der Waals surface area contributed by atoms with Gasteiger partial charge in [-0.1, -0.05) is 43.5 Å². The van der Waals surface area contributed by atoms with Gasteiger partial charge in [0.15, 0.2) is 5.78 Å². The third kappa shape index (κ3) is 4.95. The van der Waals surface area contributed by atoms with Gasteiger partial charge in [-0.3, -0.25) is 14.4 Å². The summed E-state index contributed by atoms with van der Waals surface area (Å²) in [6.07, 6.45) is 6.43. The molecule has 0 radical (unpaired) electrons.